The number of para-hydroxylation sites is 2. The third-order valence-corrected chi connectivity index (χ3v) is 7.88. The number of nitro benzene ring substituents is 1. The predicted molar refractivity (Wildman–Crippen MR) is 162 cm³/mol. The third kappa shape index (κ3) is 5.49. The second-order valence-electron chi connectivity index (χ2n) is 9.14. The van der Waals surface area contributed by atoms with E-state index in [2.05, 4.69) is 5.32 Å². The van der Waals surface area contributed by atoms with Crippen molar-refractivity contribution in [3.8, 4) is 11.4 Å². The molecule has 1 N–H and O–H groups in total. The average molecular weight is 585 g/mol. The van der Waals surface area contributed by atoms with E-state index in [1.807, 2.05) is 48.7 Å². The highest BCUT2D eigenvalue weighted by Crippen LogP contribution is 2.33. The quantitative estimate of drug-likeness (QED) is 0.0935. The van der Waals surface area contributed by atoms with Gasteiger partial charge in [0, 0.05) is 39.0 Å². The molecule has 0 bridgehead atoms. The molecular formula is C30H24N4O5S2. The lowest BCUT2D eigenvalue weighted by Crippen LogP contribution is -2.54. The Morgan fingerprint density at radius 2 is 1.61 bits per heavy atom. The average Bonchev–Trinajstić information content (AvgIpc) is 3.24. The maximum atomic E-state index is 13.5. The Hall–Kier alpha value is -4.74. The van der Waals surface area contributed by atoms with E-state index in [1.54, 1.807) is 42.5 Å². The van der Waals surface area contributed by atoms with Crippen LogP contribution in [0, 0.1) is 24.0 Å². The van der Waals surface area contributed by atoms with E-state index < -0.39 is 16.7 Å². The molecule has 206 valence electrons. The minimum Gasteiger partial charge on any atom is -0.495 e. The van der Waals surface area contributed by atoms with E-state index in [-0.39, 0.29) is 16.4 Å². The van der Waals surface area contributed by atoms with Crippen molar-refractivity contribution in [2.45, 2.75) is 23.6 Å². The van der Waals surface area contributed by atoms with Crippen molar-refractivity contribution in [1.82, 2.24) is 9.88 Å². The molecule has 2 heterocycles. The zero-order chi connectivity index (χ0) is 29.3. The molecule has 0 saturated carbocycles. The van der Waals surface area contributed by atoms with E-state index in [9.17, 15) is 19.7 Å². The number of non-ortho nitro benzene ring substituents is 1. The molecule has 1 aromatic heterocycles. The summed E-state index contributed by atoms with van der Waals surface area (Å²) in [7, 11) is 1.50. The second kappa shape index (κ2) is 11.4. The van der Waals surface area contributed by atoms with Crippen LogP contribution in [0.1, 0.15) is 17.0 Å². The summed E-state index contributed by atoms with van der Waals surface area (Å²) in [5, 5.41) is 13.5. The number of aryl methyl sites for hydroxylation is 1. The number of rotatable bonds is 7. The number of carbonyl (C=O) groups is 2. The molecule has 4 aromatic rings. The number of ether oxygens (including phenoxy) is 1. The van der Waals surface area contributed by atoms with Crippen molar-refractivity contribution in [2.75, 3.05) is 12.0 Å². The first-order chi connectivity index (χ1) is 19.7. The molecule has 2 amide bonds. The third-order valence-electron chi connectivity index (χ3n) is 6.58. The second-order valence-corrected chi connectivity index (χ2v) is 10.7. The molecule has 0 radical (unpaired) electrons. The number of nitrogens with one attached hydrogen (secondary N) is 1. The van der Waals surface area contributed by atoms with E-state index >= 15 is 0 Å². The number of anilines is 1. The van der Waals surface area contributed by atoms with Crippen LogP contribution in [0.25, 0.3) is 11.8 Å². The molecule has 11 heteroatoms. The van der Waals surface area contributed by atoms with Gasteiger partial charge in [0.2, 0.25) is 0 Å². The van der Waals surface area contributed by atoms with Crippen molar-refractivity contribution in [3.05, 3.63) is 112 Å². The Labute approximate surface area is 245 Å². The monoisotopic (exact) mass is 584 g/mol. The number of methoxy groups -OCH3 is 1. The zero-order valence-electron chi connectivity index (χ0n) is 22.3. The molecule has 0 atom stereocenters. The Morgan fingerprint density at radius 1 is 0.976 bits per heavy atom. The van der Waals surface area contributed by atoms with Gasteiger partial charge in [0.1, 0.15) is 11.3 Å². The predicted octanol–water partition coefficient (Wildman–Crippen LogP) is 5.99. The fourth-order valence-electron chi connectivity index (χ4n) is 4.61. The lowest BCUT2D eigenvalue weighted by atomic mass is 10.1. The summed E-state index contributed by atoms with van der Waals surface area (Å²) in [6, 6.07) is 23.2. The van der Waals surface area contributed by atoms with Crippen molar-refractivity contribution in [2.24, 2.45) is 0 Å². The first-order valence-corrected chi connectivity index (χ1v) is 13.7. The number of amides is 2. The normalized spacial score (nSPS) is 14.4. The largest absolute Gasteiger partial charge is 0.495 e. The summed E-state index contributed by atoms with van der Waals surface area (Å²) in [5.74, 6) is -0.656. The fraction of sp³-hybridized carbons (Fsp3) is 0.100. The van der Waals surface area contributed by atoms with Gasteiger partial charge < -0.3 is 9.30 Å². The lowest BCUT2D eigenvalue weighted by molar-refractivity contribution is -0.384. The number of carbonyl (C=O) groups excluding carboxylic acids is 2. The van der Waals surface area contributed by atoms with Gasteiger partial charge in [0.15, 0.2) is 5.11 Å². The summed E-state index contributed by atoms with van der Waals surface area (Å²) in [6.45, 7) is 3.88. The molecule has 1 saturated heterocycles. The number of hydrogen-bond acceptors (Lipinski definition) is 7. The molecule has 0 aliphatic carbocycles. The van der Waals surface area contributed by atoms with Crippen LogP contribution in [0.4, 0.5) is 11.4 Å². The minimum atomic E-state index is -0.566. The number of hydrogen-bond donors (Lipinski definition) is 1. The molecule has 1 aliphatic rings. The van der Waals surface area contributed by atoms with Crippen LogP contribution in [0.2, 0.25) is 0 Å². The fourth-order valence-corrected chi connectivity index (χ4v) is 5.70. The van der Waals surface area contributed by atoms with Gasteiger partial charge in [-0.2, -0.15) is 0 Å². The van der Waals surface area contributed by atoms with Crippen LogP contribution >= 0.6 is 24.0 Å². The van der Waals surface area contributed by atoms with Crippen LogP contribution in [0.15, 0.2) is 94.2 Å². The van der Waals surface area contributed by atoms with E-state index in [4.69, 9.17) is 17.0 Å². The van der Waals surface area contributed by atoms with Gasteiger partial charge in [-0.3, -0.25) is 25.0 Å². The number of thiocarbonyl (C=S) groups is 1. The SMILES string of the molecule is COc1ccccc1N1C(=O)/C(=C/c2cc(C)n(-c3ccc(Sc4ccc([N+](=O)[O-])cc4)cc3)c2C)C(=O)NC1=S. The highest BCUT2D eigenvalue weighted by Gasteiger charge is 2.36. The van der Waals surface area contributed by atoms with Gasteiger partial charge in [-0.05, 0) is 92.3 Å². The number of aromatic nitrogens is 1. The molecular weight excluding hydrogens is 560 g/mol. The molecule has 0 spiro atoms. The summed E-state index contributed by atoms with van der Waals surface area (Å²) in [6.07, 6.45) is 1.58. The van der Waals surface area contributed by atoms with Gasteiger partial charge >= 0.3 is 0 Å². The Morgan fingerprint density at radius 3 is 2.24 bits per heavy atom. The van der Waals surface area contributed by atoms with E-state index in [0.29, 0.717) is 11.4 Å². The van der Waals surface area contributed by atoms with Crippen LogP contribution in [-0.4, -0.2) is 33.5 Å². The molecule has 1 aliphatic heterocycles. The standard InChI is InChI=1S/C30H24N4O5S2/c1-18-16-20(17-25-28(35)31-30(40)33(29(25)36)26-6-4-5-7-27(26)39-3)19(2)32(18)21-8-12-23(13-9-21)41-24-14-10-22(11-15-24)34(37)38/h4-17H,1-3H3,(H,31,35,40)/b25-17+. The summed E-state index contributed by atoms with van der Waals surface area (Å²) in [5.41, 5.74) is 3.85. The smallest absolute Gasteiger partial charge is 0.270 e. The maximum absolute atomic E-state index is 13.5. The van der Waals surface area contributed by atoms with E-state index in [0.717, 1.165) is 32.4 Å². The number of nitrogens with zero attached hydrogens (tertiary/aromatic N) is 3. The summed E-state index contributed by atoms with van der Waals surface area (Å²) in [4.78, 5) is 40.0. The van der Waals surface area contributed by atoms with Crippen LogP contribution in [-0.2, 0) is 9.59 Å². The molecule has 3 aromatic carbocycles. The maximum Gasteiger partial charge on any atom is 0.270 e. The summed E-state index contributed by atoms with van der Waals surface area (Å²) >= 11 is 6.83. The van der Waals surface area contributed by atoms with Crippen molar-refractivity contribution in [1.29, 1.82) is 0 Å². The Balaban J connectivity index is 1.42. The van der Waals surface area contributed by atoms with Crippen molar-refractivity contribution in [3.63, 3.8) is 0 Å². The van der Waals surface area contributed by atoms with Crippen molar-refractivity contribution >= 4 is 58.4 Å². The molecule has 1 fully saturated rings. The highest BCUT2D eigenvalue weighted by molar-refractivity contribution is 7.99. The van der Waals surface area contributed by atoms with E-state index in [1.165, 1.54) is 35.9 Å². The van der Waals surface area contributed by atoms with Gasteiger partial charge in [0.05, 0.1) is 17.7 Å². The highest BCUT2D eigenvalue weighted by atomic mass is 32.2. The molecule has 9 nitrogen and oxygen atoms in total. The Kier molecular flexibility index (Phi) is 7.73. The summed E-state index contributed by atoms with van der Waals surface area (Å²) < 4.78 is 7.44. The first-order valence-electron chi connectivity index (χ1n) is 12.4. The van der Waals surface area contributed by atoms with Gasteiger partial charge in [-0.25, -0.2) is 4.90 Å². The van der Waals surface area contributed by atoms with Gasteiger partial charge in [-0.15, -0.1) is 0 Å². The lowest BCUT2D eigenvalue weighted by Gasteiger charge is -2.29. The first kappa shape index (κ1) is 27.8. The molecule has 0 unspecified atom stereocenters. The van der Waals surface area contributed by atoms with Crippen LogP contribution < -0.4 is 15.0 Å². The van der Waals surface area contributed by atoms with Gasteiger partial charge in [-0.1, -0.05) is 23.9 Å². The minimum absolute atomic E-state index is 0.0150. The van der Waals surface area contributed by atoms with Crippen molar-refractivity contribution < 1.29 is 19.2 Å². The number of benzene rings is 3. The van der Waals surface area contributed by atoms with Crippen LogP contribution in [0.3, 0.4) is 0 Å². The van der Waals surface area contributed by atoms with Crippen LogP contribution in [0.5, 0.6) is 5.75 Å². The topological polar surface area (TPSA) is 107 Å². The van der Waals surface area contributed by atoms with Gasteiger partial charge in [0.25, 0.3) is 17.5 Å². The zero-order valence-corrected chi connectivity index (χ0v) is 23.9. The molecule has 41 heavy (non-hydrogen) atoms. The Bertz CT molecular complexity index is 1730. The number of nitro groups is 1. The molecule has 5 rings (SSSR count).